The second kappa shape index (κ2) is 11.3. The van der Waals surface area contributed by atoms with Crippen molar-refractivity contribution >= 4 is 31.1 Å². The van der Waals surface area contributed by atoms with Crippen LogP contribution >= 0.6 is 0 Å². The lowest BCUT2D eigenvalue weighted by molar-refractivity contribution is 0.0622. The molecule has 7 nitrogen and oxygen atoms in total. The summed E-state index contributed by atoms with van der Waals surface area (Å²) in [5.74, 6) is 0.495. The van der Waals surface area contributed by atoms with Crippen LogP contribution < -0.4 is 9.62 Å². The van der Waals surface area contributed by atoms with Crippen molar-refractivity contribution in [2.75, 3.05) is 35.6 Å². The van der Waals surface area contributed by atoms with Crippen molar-refractivity contribution in [1.82, 2.24) is 0 Å². The molecule has 1 aliphatic rings. The van der Waals surface area contributed by atoms with Crippen LogP contribution in [0.15, 0.2) is 52.3 Å². The van der Waals surface area contributed by atoms with Crippen LogP contribution in [0.3, 0.4) is 0 Å². The molecule has 1 aliphatic heterocycles. The highest BCUT2D eigenvalue weighted by atomic mass is 32.2. The maximum Gasteiger partial charge on any atom is 0.264 e. The smallest absolute Gasteiger partial charge is 0.264 e. The minimum atomic E-state index is -3.94. The van der Waals surface area contributed by atoms with Gasteiger partial charge in [-0.25, -0.2) is 17.4 Å². The molecule has 2 aromatic carbocycles. The Balaban J connectivity index is 2.00. The monoisotopic (exact) mass is 521 g/mol. The number of hydrogen-bond donors (Lipinski definition) is 2. The summed E-state index contributed by atoms with van der Waals surface area (Å²) < 4.78 is 55.7. The highest BCUT2D eigenvalue weighted by Crippen LogP contribution is 2.32. The van der Waals surface area contributed by atoms with Crippen molar-refractivity contribution in [2.45, 2.75) is 62.8 Å². The van der Waals surface area contributed by atoms with Crippen LogP contribution in [0.25, 0.3) is 0 Å². The molecule has 9 heteroatoms. The van der Waals surface area contributed by atoms with Crippen LogP contribution in [0.2, 0.25) is 0 Å². The molecule has 2 unspecified atom stereocenters. The molecular weight excluding hydrogens is 482 g/mol. The Kier molecular flexibility index (Phi) is 8.88. The van der Waals surface area contributed by atoms with E-state index in [1.807, 2.05) is 38.1 Å². The summed E-state index contributed by atoms with van der Waals surface area (Å²) in [5, 5.41) is 3.41. The first-order chi connectivity index (χ1) is 16.4. The lowest BCUT2D eigenvalue weighted by atomic mass is 9.93. The molecule has 0 spiro atoms. The van der Waals surface area contributed by atoms with Gasteiger partial charge in [-0.2, -0.15) is 0 Å². The molecule has 3 rings (SSSR count). The summed E-state index contributed by atoms with van der Waals surface area (Å²) in [6.07, 6.45) is 4.06. The van der Waals surface area contributed by atoms with Gasteiger partial charge < -0.3 is 10.1 Å². The maximum atomic E-state index is 13.8. The van der Waals surface area contributed by atoms with Crippen LogP contribution in [0, 0.1) is 16.6 Å². The summed E-state index contributed by atoms with van der Waals surface area (Å²) in [7, 11) is -7.12. The van der Waals surface area contributed by atoms with Gasteiger partial charge in [0, 0.05) is 32.1 Å². The Morgan fingerprint density at radius 3 is 2.23 bits per heavy atom. The Hall–Kier alpha value is -2.10. The van der Waals surface area contributed by atoms with E-state index in [4.69, 9.17) is 9.52 Å². The number of rotatable bonds is 10. The second-order valence-electron chi connectivity index (χ2n) is 9.83. The zero-order valence-corrected chi connectivity index (χ0v) is 23.0. The molecule has 1 heterocycles. The molecule has 194 valence electrons. The van der Waals surface area contributed by atoms with Gasteiger partial charge in [0.2, 0.25) is 0 Å². The van der Waals surface area contributed by atoms with Crippen molar-refractivity contribution in [1.29, 1.82) is 4.78 Å². The van der Waals surface area contributed by atoms with Gasteiger partial charge in [-0.1, -0.05) is 32.9 Å². The van der Waals surface area contributed by atoms with Crippen LogP contribution in [0.5, 0.6) is 0 Å². The quantitative estimate of drug-likeness (QED) is 0.438. The van der Waals surface area contributed by atoms with Crippen molar-refractivity contribution in [3.63, 3.8) is 0 Å². The Labute approximate surface area is 211 Å². The fourth-order valence-corrected chi connectivity index (χ4v) is 7.01. The van der Waals surface area contributed by atoms with Gasteiger partial charge in [0.25, 0.3) is 10.0 Å². The number of aryl methyl sites for hydroxylation is 1. The standard InChI is InChI=1S/C26H39N3O4S2/c1-6-21-7-9-23(10-8-21)29(18-19(2)3)35(31,32)24-11-12-25(26(17-24)34(5,27)30)28-20(4)22-13-15-33-16-14-22/h7-12,17,19-20,22,27-28H,6,13-16,18H2,1-5H3. The van der Waals surface area contributed by atoms with E-state index >= 15 is 0 Å². The maximum absolute atomic E-state index is 13.8. The third-order valence-electron chi connectivity index (χ3n) is 6.48. The van der Waals surface area contributed by atoms with E-state index in [0.717, 1.165) is 24.8 Å². The minimum absolute atomic E-state index is 0.0406. The lowest BCUT2D eigenvalue weighted by Gasteiger charge is -2.30. The Morgan fingerprint density at radius 2 is 1.69 bits per heavy atom. The molecule has 0 bridgehead atoms. The van der Waals surface area contributed by atoms with Crippen LogP contribution in [-0.2, 0) is 30.9 Å². The number of nitrogens with one attached hydrogen (secondary N) is 2. The molecular formula is C26H39N3O4S2. The summed E-state index contributed by atoms with van der Waals surface area (Å²) in [5.41, 5.74) is 2.27. The average molecular weight is 522 g/mol. The number of ether oxygens (including phenoxy) is 1. The number of hydrogen-bond acceptors (Lipinski definition) is 6. The van der Waals surface area contributed by atoms with Crippen molar-refractivity contribution in [2.24, 2.45) is 11.8 Å². The average Bonchev–Trinajstić information content (AvgIpc) is 2.82. The first kappa shape index (κ1) is 27.5. The van der Waals surface area contributed by atoms with Gasteiger partial charge in [-0.3, -0.25) is 4.31 Å². The molecule has 0 aromatic heterocycles. The predicted octanol–water partition coefficient (Wildman–Crippen LogP) is 5.36. The first-order valence-corrected chi connectivity index (χ1v) is 15.7. The topological polar surface area (TPSA) is 99.6 Å². The van der Waals surface area contributed by atoms with Gasteiger partial charge in [-0.05, 0) is 73.9 Å². The van der Waals surface area contributed by atoms with Gasteiger partial charge in [0.1, 0.15) is 0 Å². The molecule has 0 radical (unpaired) electrons. The fraction of sp³-hybridized carbons (Fsp3) is 0.538. The summed E-state index contributed by atoms with van der Waals surface area (Å²) in [4.78, 5) is 0.252. The van der Waals surface area contributed by atoms with E-state index < -0.39 is 19.8 Å². The number of anilines is 2. The first-order valence-electron chi connectivity index (χ1n) is 12.3. The molecule has 0 saturated carbocycles. The highest BCUT2D eigenvalue weighted by Gasteiger charge is 2.28. The number of sulfonamides is 1. The summed E-state index contributed by atoms with van der Waals surface area (Å²) in [6.45, 7) is 9.82. The van der Waals surface area contributed by atoms with Gasteiger partial charge in [-0.15, -0.1) is 0 Å². The van der Waals surface area contributed by atoms with E-state index in [1.54, 1.807) is 12.1 Å². The molecule has 2 atom stereocenters. The van der Waals surface area contributed by atoms with E-state index in [-0.39, 0.29) is 21.8 Å². The van der Waals surface area contributed by atoms with E-state index in [2.05, 4.69) is 19.2 Å². The molecule has 35 heavy (non-hydrogen) atoms. The van der Waals surface area contributed by atoms with Crippen LogP contribution in [0.1, 0.15) is 46.1 Å². The Morgan fingerprint density at radius 1 is 1.06 bits per heavy atom. The van der Waals surface area contributed by atoms with E-state index in [0.29, 0.717) is 37.1 Å². The molecule has 1 saturated heterocycles. The molecule has 2 aromatic rings. The third kappa shape index (κ3) is 6.77. The lowest BCUT2D eigenvalue weighted by Crippen LogP contribution is -2.34. The molecule has 0 amide bonds. The zero-order chi connectivity index (χ0) is 25.8. The minimum Gasteiger partial charge on any atom is -0.381 e. The van der Waals surface area contributed by atoms with Crippen LogP contribution in [-0.4, -0.2) is 44.7 Å². The number of benzene rings is 2. The van der Waals surface area contributed by atoms with Crippen molar-refractivity contribution in [3.05, 3.63) is 48.0 Å². The van der Waals surface area contributed by atoms with Crippen LogP contribution in [0.4, 0.5) is 11.4 Å². The van der Waals surface area contributed by atoms with E-state index in [9.17, 15) is 12.6 Å². The van der Waals surface area contributed by atoms with Crippen molar-refractivity contribution < 1.29 is 17.4 Å². The van der Waals surface area contributed by atoms with Gasteiger partial charge in [0.05, 0.1) is 30.9 Å². The third-order valence-corrected chi connectivity index (χ3v) is 9.45. The molecule has 1 fully saturated rings. The van der Waals surface area contributed by atoms with Gasteiger partial charge >= 0.3 is 0 Å². The summed E-state index contributed by atoms with van der Waals surface area (Å²) >= 11 is 0. The Bertz CT molecular complexity index is 1200. The predicted molar refractivity (Wildman–Crippen MR) is 143 cm³/mol. The SMILES string of the molecule is CCc1ccc(N(CC(C)C)S(=O)(=O)c2ccc(NC(C)C3CCOCC3)c(S(C)(=N)=O)c2)cc1. The molecule has 2 N–H and O–H groups in total. The van der Waals surface area contributed by atoms with E-state index in [1.165, 1.54) is 16.6 Å². The fourth-order valence-electron chi connectivity index (χ4n) is 4.38. The molecule has 0 aliphatic carbocycles. The highest BCUT2D eigenvalue weighted by molar-refractivity contribution is 7.93. The zero-order valence-electron chi connectivity index (χ0n) is 21.4. The largest absolute Gasteiger partial charge is 0.381 e. The second-order valence-corrected chi connectivity index (χ2v) is 13.8. The number of nitrogens with zero attached hydrogens (tertiary/aromatic N) is 1. The normalized spacial score (nSPS) is 17.7. The summed E-state index contributed by atoms with van der Waals surface area (Å²) in [6, 6.07) is 12.2. The van der Waals surface area contributed by atoms with Gasteiger partial charge in [0.15, 0.2) is 0 Å². The van der Waals surface area contributed by atoms with Crippen molar-refractivity contribution in [3.8, 4) is 0 Å².